The summed E-state index contributed by atoms with van der Waals surface area (Å²) in [5, 5.41) is 11.9. The zero-order chi connectivity index (χ0) is 82.8. The minimum atomic E-state index is -0.882. The van der Waals surface area contributed by atoms with Crippen LogP contribution in [0.4, 0.5) is 0 Å². The number of hydrogen-bond donors (Lipinski definition) is 1. The van der Waals surface area contributed by atoms with Gasteiger partial charge in [0.15, 0.2) is 0 Å². The maximum atomic E-state index is 10.4. The van der Waals surface area contributed by atoms with Gasteiger partial charge in [0.1, 0.15) is 0 Å². The maximum Gasteiger partial charge on any atom is 0.305 e. The highest BCUT2D eigenvalue weighted by atomic mass is 16.6. The highest BCUT2D eigenvalue weighted by Gasteiger charge is 2.05. The second-order valence-corrected chi connectivity index (χ2v) is 23.1. The Morgan fingerprint density at radius 2 is 0.233 bits per heavy atom. The van der Waals surface area contributed by atoms with Crippen LogP contribution < -0.4 is 0 Å². The van der Waals surface area contributed by atoms with Crippen molar-refractivity contribution in [3.63, 3.8) is 0 Å². The molecule has 0 atom stereocenters. The number of azide groups is 1. The van der Waals surface area contributed by atoms with Crippen molar-refractivity contribution in [2.75, 3.05) is 482 Å². The van der Waals surface area contributed by atoms with Crippen molar-refractivity contribution in [1.82, 2.24) is 0 Å². The average molecular weight is 1700 g/mol. The van der Waals surface area contributed by atoms with Crippen molar-refractivity contribution in [1.29, 1.82) is 0 Å². The Morgan fingerprint density at radius 1 is 0.155 bits per heavy atom. The molecular formula is C75H149N3O38. The smallest absolute Gasteiger partial charge is 0.305 e. The zero-order valence-corrected chi connectivity index (χ0v) is 69.7. The average Bonchev–Trinajstić information content (AvgIpc) is 2.33. The van der Waals surface area contributed by atoms with Crippen LogP contribution >= 0.6 is 0 Å². The molecule has 0 aromatic carbocycles. The first-order valence-corrected chi connectivity index (χ1v) is 40.8. The molecule has 0 unspecified atom stereocenters. The van der Waals surface area contributed by atoms with Crippen LogP contribution in [-0.2, 0) is 175 Å². The summed E-state index contributed by atoms with van der Waals surface area (Å²) in [6.45, 7) is 33.7. The molecule has 41 heteroatoms. The summed E-state index contributed by atoms with van der Waals surface area (Å²) in [5.41, 5.74) is 8.18. The molecule has 0 aliphatic rings. The lowest BCUT2D eigenvalue weighted by Gasteiger charge is -2.09. The number of carbonyl (C=O) groups is 1. The van der Waals surface area contributed by atoms with Gasteiger partial charge >= 0.3 is 5.97 Å². The van der Waals surface area contributed by atoms with Gasteiger partial charge in [-0.2, -0.15) is 0 Å². The summed E-state index contributed by atoms with van der Waals surface area (Å²) in [4.78, 5) is 13.0. The normalized spacial score (nSPS) is 11.7. The number of aliphatic carboxylic acids is 1. The van der Waals surface area contributed by atoms with Gasteiger partial charge < -0.3 is 176 Å². The molecule has 0 spiro atoms. The van der Waals surface area contributed by atoms with Gasteiger partial charge in [-0.05, 0) is 5.53 Å². The second kappa shape index (κ2) is 110. The highest BCUT2D eigenvalue weighted by molar-refractivity contribution is 5.66. The number of ether oxygens (including phenoxy) is 36. The number of rotatable bonds is 111. The van der Waals surface area contributed by atoms with Gasteiger partial charge in [-0.1, -0.05) is 5.11 Å². The standard InChI is InChI=1S/C75H149N3O38/c76-78-77-2-4-82-6-8-84-10-12-86-14-16-88-18-20-90-22-24-92-26-28-94-30-32-96-34-36-98-38-40-100-42-44-102-46-48-104-50-52-106-54-56-108-58-60-110-62-64-112-66-68-114-70-72-116-74-73-115-71-69-113-67-65-111-63-61-109-59-57-107-55-53-105-51-49-103-47-45-101-43-41-99-39-37-97-35-33-95-31-29-93-27-25-91-23-21-89-19-17-87-15-13-85-11-9-83-7-5-81-3-1-75(79)80/h1-74H2,(H,79,80). The fourth-order valence-electron chi connectivity index (χ4n) is 8.11. The third-order valence-electron chi connectivity index (χ3n) is 13.9. The summed E-state index contributed by atoms with van der Waals surface area (Å²) in [5.74, 6) is -0.882. The molecule has 0 aliphatic heterocycles. The van der Waals surface area contributed by atoms with Crippen molar-refractivity contribution >= 4 is 5.97 Å². The van der Waals surface area contributed by atoms with Crippen LogP contribution in [0.25, 0.3) is 10.4 Å². The Morgan fingerprint density at radius 3 is 0.310 bits per heavy atom. The topological polar surface area (TPSA) is 418 Å². The van der Waals surface area contributed by atoms with E-state index in [1.54, 1.807) is 0 Å². The van der Waals surface area contributed by atoms with Crippen molar-refractivity contribution < 1.29 is 180 Å². The maximum absolute atomic E-state index is 10.4. The Labute approximate surface area is 688 Å². The molecule has 41 nitrogen and oxygen atoms in total. The van der Waals surface area contributed by atoms with E-state index in [-0.39, 0.29) is 13.0 Å². The van der Waals surface area contributed by atoms with Crippen LogP contribution in [0.2, 0.25) is 0 Å². The van der Waals surface area contributed by atoms with Gasteiger partial charge in [0.2, 0.25) is 0 Å². The Kier molecular flexibility index (Phi) is 108. The van der Waals surface area contributed by atoms with Gasteiger partial charge in [0.25, 0.3) is 0 Å². The first kappa shape index (κ1) is 113. The Balaban J connectivity index is 3.10. The van der Waals surface area contributed by atoms with E-state index < -0.39 is 5.97 Å². The predicted octanol–water partition coefficient (Wildman–Crippen LogP) is 1.37. The Hall–Kier alpha value is -2.66. The van der Waals surface area contributed by atoms with Crippen molar-refractivity contribution in [2.24, 2.45) is 5.11 Å². The van der Waals surface area contributed by atoms with Crippen molar-refractivity contribution in [3.8, 4) is 0 Å². The zero-order valence-electron chi connectivity index (χ0n) is 69.7. The van der Waals surface area contributed by atoms with Gasteiger partial charge in [0.05, 0.1) is 482 Å². The van der Waals surface area contributed by atoms with Gasteiger partial charge in [-0.3, -0.25) is 4.79 Å². The largest absolute Gasteiger partial charge is 0.481 e. The molecular weight excluding hydrogens is 1550 g/mol. The third-order valence-corrected chi connectivity index (χ3v) is 13.9. The minimum absolute atomic E-state index is 0.0128. The van der Waals surface area contributed by atoms with Gasteiger partial charge in [-0.25, -0.2) is 0 Å². The molecule has 0 radical (unpaired) electrons. The summed E-state index contributed by atoms with van der Waals surface area (Å²) in [6.07, 6.45) is -0.0128. The fraction of sp³-hybridized carbons (Fsp3) is 0.987. The summed E-state index contributed by atoms with van der Waals surface area (Å²) in [6, 6.07) is 0. The van der Waals surface area contributed by atoms with Crippen LogP contribution in [0.5, 0.6) is 0 Å². The number of carboxylic acid groups (broad SMARTS) is 1. The molecule has 692 valence electrons. The molecule has 0 fully saturated rings. The first-order chi connectivity index (χ1) is 57.8. The lowest BCUT2D eigenvalue weighted by Crippen LogP contribution is -2.16. The van der Waals surface area contributed by atoms with Crippen LogP contribution in [0.3, 0.4) is 0 Å². The van der Waals surface area contributed by atoms with E-state index in [1.165, 1.54) is 0 Å². The molecule has 0 saturated carbocycles. The van der Waals surface area contributed by atoms with Crippen LogP contribution in [0, 0.1) is 0 Å². The SMILES string of the molecule is [N-]=[N+]=NCCOCCOCCOCCOCCOCCOCCOCCOCCOCCOCCOCCOCCOCCOCCOCCOCCOCCOCCOCCOCCOCCOCCOCCOCCOCCOCCOCCOCCOCCOCCOCCOCCOCCOCCOCCOCCC(=O)O. The molecule has 0 heterocycles. The monoisotopic (exact) mass is 1700 g/mol. The second-order valence-electron chi connectivity index (χ2n) is 23.1. The number of carboxylic acids is 1. The van der Waals surface area contributed by atoms with E-state index in [0.717, 1.165) is 0 Å². The molecule has 0 aromatic rings. The van der Waals surface area contributed by atoms with Crippen LogP contribution in [0.1, 0.15) is 6.42 Å². The molecule has 116 heavy (non-hydrogen) atoms. The summed E-state index contributed by atoms with van der Waals surface area (Å²) in [7, 11) is 0. The minimum Gasteiger partial charge on any atom is -0.481 e. The van der Waals surface area contributed by atoms with Crippen molar-refractivity contribution in [2.45, 2.75) is 6.42 Å². The van der Waals surface area contributed by atoms with E-state index >= 15 is 0 Å². The summed E-state index contributed by atoms with van der Waals surface area (Å²) >= 11 is 0. The van der Waals surface area contributed by atoms with Gasteiger partial charge in [-0.15, -0.1) is 0 Å². The van der Waals surface area contributed by atoms with Crippen LogP contribution in [-0.4, -0.2) is 493 Å². The summed E-state index contributed by atoms with van der Waals surface area (Å²) < 4.78 is 198. The number of nitrogens with zero attached hydrogens (tertiary/aromatic N) is 3. The predicted molar refractivity (Wildman–Crippen MR) is 416 cm³/mol. The van der Waals surface area contributed by atoms with E-state index in [9.17, 15) is 4.79 Å². The van der Waals surface area contributed by atoms with Crippen molar-refractivity contribution in [3.05, 3.63) is 10.4 Å². The molecule has 0 amide bonds. The van der Waals surface area contributed by atoms with E-state index in [1.807, 2.05) is 0 Å². The molecule has 0 rings (SSSR count). The lowest BCUT2D eigenvalue weighted by atomic mass is 10.5. The molecule has 0 saturated heterocycles. The highest BCUT2D eigenvalue weighted by Crippen LogP contribution is 1.95. The fourth-order valence-corrected chi connectivity index (χ4v) is 8.11. The number of hydrogen-bond acceptors (Lipinski definition) is 38. The molecule has 0 bridgehead atoms. The van der Waals surface area contributed by atoms with Crippen LogP contribution in [0.15, 0.2) is 5.11 Å². The quantitative estimate of drug-likeness (QED) is 0.0389. The first-order valence-electron chi connectivity index (χ1n) is 40.8. The molecule has 0 aliphatic carbocycles. The third kappa shape index (κ3) is 111. The van der Waals surface area contributed by atoms with E-state index in [2.05, 4.69) is 10.0 Å². The van der Waals surface area contributed by atoms with Gasteiger partial charge in [0, 0.05) is 11.5 Å². The molecule has 0 aromatic heterocycles. The van der Waals surface area contributed by atoms with E-state index in [0.29, 0.717) is 476 Å². The van der Waals surface area contributed by atoms with E-state index in [4.69, 9.17) is 181 Å². The molecule has 1 N–H and O–H groups in total. The Bertz CT molecular complexity index is 1700. The lowest BCUT2D eigenvalue weighted by molar-refractivity contribution is -0.138.